The van der Waals surface area contributed by atoms with Crippen LogP contribution in [0.1, 0.15) is 48.2 Å². The van der Waals surface area contributed by atoms with Crippen LogP contribution in [0.4, 0.5) is 4.39 Å². The third kappa shape index (κ3) is 3.43. The van der Waals surface area contributed by atoms with Gasteiger partial charge in [0, 0.05) is 12.1 Å². The van der Waals surface area contributed by atoms with Gasteiger partial charge in [0.1, 0.15) is 5.82 Å². The molecule has 2 aliphatic carbocycles. The molecule has 4 rings (SSSR count). The molecule has 2 bridgehead atoms. The maximum absolute atomic E-state index is 13.3. The van der Waals surface area contributed by atoms with E-state index >= 15 is 0 Å². The highest BCUT2D eigenvalue weighted by Gasteiger charge is 2.40. The number of halogens is 1. The van der Waals surface area contributed by atoms with Crippen LogP contribution in [0.25, 0.3) is 5.69 Å². The lowest BCUT2D eigenvalue weighted by molar-refractivity contribution is 0.0749. The molecule has 2 unspecified atom stereocenters. The molecule has 1 amide bonds. The number of nitrogens with one attached hydrogen (secondary N) is 1. The number of carbonyl (C=O) groups excluding carboxylic acids is 1. The minimum absolute atomic E-state index is 0.00771. The SMILES string of the molecule is Cc1cc(F)ccc1-n1cc(O)c(C(=O)NC2C3CCCC2CC(N)C3)n1. The fourth-order valence-electron chi connectivity index (χ4n) is 4.77. The van der Waals surface area contributed by atoms with Crippen molar-refractivity contribution in [1.29, 1.82) is 0 Å². The summed E-state index contributed by atoms with van der Waals surface area (Å²) in [5.41, 5.74) is 7.43. The molecular weight excluding hydrogens is 347 g/mol. The van der Waals surface area contributed by atoms with Crippen LogP contribution in [-0.2, 0) is 0 Å². The maximum atomic E-state index is 13.3. The van der Waals surface area contributed by atoms with E-state index in [4.69, 9.17) is 5.73 Å². The summed E-state index contributed by atoms with van der Waals surface area (Å²) in [5.74, 6) is -0.120. The first kappa shape index (κ1) is 18.0. The fraction of sp³-hybridized carbons (Fsp3) is 0.500. The molecule has 6 nitrogen and oxygen atoms in total. The largest absolute Gasteiger partial charge is 0.504 e. The molecule has 0 spiro atoms. The van der Waals surface area contributed by atoms with Crippen molar-refractivity contribution in [3.05, 3.63) is 41.5 Å². The molecule has 2 aromatic rings. The van der Waals surface area contributed by atoms with E-state index in [1.54, 1.807) is 13.0 Å². The first-order valence-electron chi connectivity index (χ1n) is 9.54. The Morgan fingerprint density at radius 2 is 2.04 bits per heavy atom. The molecule has 1 heterocycles. The predicted octanol–water partition coefficient (Wildman–Crippen LogP) is 2.66. The summed E-state index contributed by atoms with van der Waals surface area (Å²) in [6.45, 7) is 1.75. The molecule has 2 atom stereocenters. The first-order valence-corrected chi connectivity index (χ1v) is 9.54. The highest BCUT2D eigenvalue weighted by molar-refractivity contribution is 5.95. The van der Waals surface area contributed by atoms with E-state index in [9.17, 15) is 14.3 Å². The number of hydrogen-bond donors (Lipinski definition) is 3. The lowest BCUT2D eigenvalue weighted by Gasteiger charge is -2.45. The normalized spacial score (nSPS) is 27.4. The number of aryl methyl sites for hydroxylation is 1. The van der Waals surface area contributed by atoms with Gasteiger partial charge in [-0.05, 0) is 68.2 Å². The van der Waals surface area contributed by atoms with Crippen molar-refractivity contribution in [3.8, 4) is 11.4 Å². The van der Waals surface area contributed by atoms with Crippen LogP contribution in [0, 0.1) is 24.6 Å². The van der Waals surface area contributed by atoms with Crippen molar-refractivity contribution in [1.82, 2.24) is 15.1 Å². The number of aromatic nitrogens is 2. The standard InChI is InChI=1S/C20H25FN4O2/c1-11-7-14(21)5-6-16(11)25-10-17(26)19(24-25)20(27)23-18-12-3-2-4-13(18)9-15(22)8-12/h5-7,10,12-13,15,18,26H,2-4,8-9,22H2,1H3,(H,23,27). The summed E-state index contributed by atoms with van der Waals surface area (Å²) >= 11 is 0. The van der Waals surface area contributed by atoms with Crippen molar-refractivity contribution >= 4 is 5.91 Å². The van der Waals surface area contributed by atoms with Gasteiger partial charge in [-0.25, -0.2) is 9.07 Å². The molecule has 2 saturated carbocycles. The highest BCUT2D eigenvalue weighted by Crippen LogP contribution is 2.39. The van der Waals surface area contributed by atoms with Crippen LogP contribution in [0.2, 0.25) is 0 Å². The van der Waals surface area contributed by atoms with E-state index in [0.29, 0.717) is 23.1 Å². The van der Waals surface area contributed by atoms with Crippen LogP contribution >= 0.6 is 0 Å². The monoisotopic (exact) mass is 372 g/mol. The average Bonchev–Trinajstić information content (AvgIpc) is 2.97. The van der Waals surface area contributed by atoms with Gasteiger partial charge < -0.3 is 16.2 Å². The number of hydrogen-bond acceptors (Lipinski definition) is 4. The van der Waals surface area contributed by atoms with E-state index in [-0.39, 0.29) is 35.3 Å². The summed E-state index contributed by atoms with van der Waals surface area (Å²) in [6.07, 6.45) is 6.56. The van der Waals surface area contributed by atoms with Gasteiger partial charge in [0.2, 0.25) is 0 Å². The van der Waals surface area contributed by atoms with Crippen LogP contribution < -0.4 is 11.1 Å². The van der Waals surface area contributed by atoms with Gasteiger partial charge in [-0.1, -0.05) is 6.42 Å². The second-order valence-electron chi connectivity index (χ2n) is 7.92. The quantitative estimate of drug-likeness (QED) is 0.772. The molecule has 0 saturated heterocycles. The van der Waals surface area contributed by atoms with Gasteiger partial charge >= 0.3 is 0 Å². The number of aromatic hydroxyl groups is 1. The smallest absolute Gasteiger partial charge is 0.275 e. The average molecular weight is 372 g/mol. The zero-order chi connectivity index (χ0) is 19.1. The van der Waals surface area contributed by atoms with Crippen LogP contribution in [-0.4, -0.2) is 32.9 Å². The topological polar surface area (TPSA) is 93.2 Å². The molecule has 4 N–H and O–H groups in total. The van der Waals surface area contributed by atoms with Crippen LogP contribution in [0.5, 0.6) is 5.75 Å². The molecule has 2 aliphatic rings. The molecule has 1 aromatic carbocycles. The molecule has 7 heteroatoms. The molecule has 27 heavy (non-hydrogen) atoms. The molecule has 144 valence electrons. The van der Waals surface area contributed by atoms with E-state index in [1.165, 1.54) is 29.4 Å². The number of rotatable bonds is 3. The summed E-state index contributed by atoms with van der Waals surface area (Å²) in [5, 5.41) is 17.6. The second kappa shape index (κ2) is 6.96. The Morgan fingerprint density at radius 3 is 2.70 bits per heavy atom. The van der Waals surface area contributed by atoms with Gasteiger partial charge in [-0.15, -0.1) is 0 Å². The Morgan fingerprint density at radius 1 is 1.33 bits per heavy atom. The van der Waals surface area contributed by atoms with E-state index < -0.39 is 0 Å². The third-order valence-electron chi connectivity index (χ3n) is 5.99. The number of fused-ring (bicyclic) bond motifs is 2. The second-order valence-corrected chi connectivity index (χ2v) is 7.92. The van der Waals surface area contributed by atoms with E-state index in [2.05, 4.69) is 10.4 Å². The predicted molar refractivity (Wildman–Crippen MR) is 99.2 cm³/mol. The van der Waals surface area contributed by atoms with E-state index in [1.807, 2.05) is 0 Å². The number of nitrogens with zero attached hydrogens (tertiary/aromatic N) is 2. The summed E-state index contributed by atoms with van der Waals surface area (Å²) < 4.78 is 14.7. The maximum Gasteiger partial charge on any atom is 0.275 e. The molecular formula is C20H25FN4O2. The Labute approximate surface area is 157 Å². The van der Waals surface area contributed by atoms with Gasteiger partial charge in [-0.3, -0.25) is 4.79 Å². The number of amides is 1. The molecule has 0 aliphatic heterocycles. The van der Waals surface area contributed by atoms with Crippen LogP contribution in [0.3, 0.4) is 0 Å². The molecule has 0 radical (unpaired) electrons. The molecule has 2 fully saturated rings. The zero-order valence-corrected chi connectivity index (χ0v) is 15.4. The number of nitrogens with two attached hydrogens (primary N) is 1. The van der Waals surface area contributed by atoms with Crippen LogP contribution in [0.15, 0.2) is 24.4 Å². The van der Waals surface area contributed by atoms with E-state index in [0.717, 1.165) is 25.7 Å². The van der Waals surface area contributed by atoms with Crippen molar-refractivity contribution in [2.24, 2.45) is 17.6 Å². The summed E-state index contributed by atoms with van der Waals surface area (Å²) in [6, 6.07) is 4.59. The third-order valence-corrected chi connectivity index (χ3v) is 5.99. The number of carbonyl (C=O) groups is 1. The van der Waals surface area contributed by atoms with Crippen molar-refractivity contribution in [2.45, 2.75) is 51.1 Å². The Kier molecular flexibility index (Phi) is 4.63. The Balaban J connectivity index is 1.55. The van der Waals surface area contributed by atoms with Gasteiger partial charge in [0.15, 0.2) is 11.4 Å². The fourth-order valence-corrected chi connectivity index (χ4v) is 4.77. The van der Waals surface area contributed by atoms with Crippen molar-refractivity contribution in [3.63, 3.8) is 0 Å². The van der Waals surface area contributed by atoms with Gasteiger partial charge in [0.05, 0.1) is 11.9 Å². The van der Waals surface area contributed by atoms with Gasteiger partial charge in [0.25, 0.3) is 5.91 Å². The lowest BCUT2D eigenvalue weighted by Crippen LogP contribution is -2.53. The molecule has 1 aromatic heterocycles. The zero-order valence-electron chi connectivity index (χ0n) is 15.4. The Bertz CT molecular complexity index is 852. The first-order chi connectivity index (χ1) is 12.9. The highest BCUT2D eigenvalue weighted by atomic mass is 19.1. The lowest BCUT2D eigenvalue weighted by atomic mass is 9.67. The Hall–Kier alpha value is -2.41. The van der Waals surface area contributed by atoms with Gasteiger partial charge in [-0.2, -0.15) is 5.10 Å². The summed E-state index contributed by atoms with van der Waals surface area (Å²) in [7, 11) is 0. The minimum atomic E-state index is -0.372. The van der Waals surface area contributed by atoms with Crippen molar-refractivity contribution < 1.29 is 14.3 Å². The number of benzene rings is 1. The minimum Gasteiger partial charge on any atom is -0.504 e. The summed E-state index contributed by atoms with van der Waals surface area (Å²) in [4.78, 5) is 12.8. The van der Waals surface area contributed by atoms with Crippen molar-refractivity contribution in [2.75, 3.05) is 0 Å².